The third-order valence-corrected chi connectivity index (χ3v) is 15.8. The van der Waals surface area contributed by atoms with Crippen LogP contribution in [0.3, 0.4) is 0 Å². The first-order valence-electron chi connectivity index (χ1n) is 19.7. The molecule has 4 aromatic rings. The van der Waals surface area contributed by atoms with Crippen molar-refractivity contribution in [3.05, 3.63) is 76.1 Å². The van der Waals surface area contributed by atoms with Crippen LogP contribution in [0.4, 0.5) is 40.9 Å². The molecular weight excluding hydrogens is 922 g/mol. The number of nitrogens with one attached hydrogen (secondary N) is 4. The summed E-state index contributed by atoms with van der Waals surface area (Å²) in [5.41, 5.74) is -1.72. The zero-order valence-corrected chi connectivity index (χ0v) is 36.4. The van der Waals surface area contributed by atoms with Gasteiger partial charge < -0.3 is 10.7 Å². The van der Waals surface area contributed by atoms with Gasteiger partial charge in [-0.3, -0.25) is 19.5 Å². The fourth-order valence-electron chi connectivity index (χ4n) is 7.99. The first-order chi connectivity index (χ1) is 29.8. The van der Waals surface area contributed by atoms with Crippen LogP contribution in [0.5, 0.6) is 0 Å². The Hall–Kier alpha value is -4.85. The molecule has 5 atom stereocenters. The molecule has 1 amide bonds. The van der Waals surface area contributed by atoms with Crippen molar-refractivity contribution in [3.63, 3.8) is 0 Å². The number of anilines is 1. The van der Waals surface area contributed by atoms with Crippen molar-refractivity contribution in [2.24, 2.45) is 17.8 Å². The Bertz CT molecular complexity index is 2810. The van der Waals surface area contributed by atoms with Gasteiger partial charge in [-0.25, -0.2) is 56.9 Å². The van der Waals surface area contributed by atoms with Crippen molar-refractivity contribution in [3.8, 4) is 23.0 Å². The summed E-state index contributed by atoms with van der Waals surface area (Å²) in [6.07, 6.45) is -5.30. The average molecular weight is 962 g/mol. The number of halogens is 9. The Morgan fingerprint density at radius 2 is 1.69 bits per heavy atom. The van der Waals surface area contributed by atoms with Gasteiger partial charge in [0.05, 0.1) is 51.2 Å². The minimum atomic E-state index is -4.04. The zero-order chi connectivity index (χ0) is 46.8. The largest absolute Gasteiger partial charge is 0.346 e. The normalized spacial score (nSPS) is 21.1. The first kappa shape index (κ1) is 47.1. The van der Waals surface area contributed by atoms with E-state index < -0.39 is 121 Å². The van der Waals surface area contributed by atoms with Crippen LogP contribution in [0.1, 0.15) is 56.1 Å². The Balaban J connectivity index is 1.38. The molecule has 3 fully saturated rings. The molecule has 2 aromatic heterocycles. The summed E-state index contributed by atoms with van der Waals surface area (Å²) in [5, 5.41) is 16.0. The van der Waals surface area contributed by atoms with E-state index in [1.54, 1.807) is 0 Å². The van der Waals surface area contributed by atoms with E-state index in [0.717, 1.165) is 23.1 Å². The lowest BCUT2D eigenvalue weighted by atomic mass is 9.91. The average Bonchev–Trinajstić information content (AvgIpc) is 4.11. The molecule has 3 aliphatic rings. The van der Waals surface area contributed by atoms with Crippen LogP contribution in [0.2, 0.25) is 5.02 Å². The molecule has 12 nitrogen and oxygen atoms in total. The van der Waals surface area contributed by atoms with Gasteiger partial charge in [0.2, 0.25) is 15.9 Å². The van der Waals surface area contributed by atoms with Crippen LogP contribution < -0.4 is 15.4 Å². The topological polar surface area (TPSA) is 176 Å². The number of carbonyl (C=O) groups excluding carboxylic acids is 1. The SMILES string of the molecule is CC(C)(C#Cc1ccc(-c2ccc(Cl)c3c(NS(=O)(=O)C4CC4)nn(CC(F)F)c23)c([C@H](Cc2cc(F)cc(F)c2)NC(=O)CNC2C(C(=N)C(F)F)[C@H]3C[C@H]3C2(F)F)n1)S(C)(=O)=O. The summed E-state index contributed by atoms with van der Waals surface area (Å²) in [4.78, 5) is 18.5. The van der Waals surface area contributed by atoms with E-state index in [4.69, 9.17) is 17.0 Å². The molecule has 23 heteroatoms. The van der Waals surface area contributed by atoms with E-state index in [1.807, 2.05) is 0 Å². The van der Waals surface area contributed by atoms with Gasteiger partial charge in [-0.05, 0) is 87.3 Å². The van der Waals surface area contributed by atoms with Crippen molar-refractivity contribution >= 4 is 59.8 Å². The highest BCUT2D eigenvalue weighted by molar-refractivity contribution is 7.93. The number of carbonyl (C=O) groups is 1. The van der Waals surface area contributed by atoms with Crippen molar-refractivity contribution in [1.82, 2.24) is 25.4 Å². The molecule has 2 aromatic carbocycles. The monoisotopic (exact) mass is 961 g/mol. The quantitative estimate of drug-likeness (QED) is 0.0532. The molecule has 64 heavy (non-hydrogen) atoms. The molecule has 0 spiro atoms. The molecule has 344 valence electrons. The van der Waals surface area contributed by atoms with Gasteiger partial charge in [0.15, 0.2) is 15.7 Å². The first-order valence-corrected chi connectivity index (χ1v) is 23.6. The van der Waals surface area contributed by atoms with Crippen LogP contribution >= 0.6 is 11.6 Å². The van der Waals surface area contributed by atoms with E-state index in [-0.39, 0.29) is 56.2 Å². The molecule has 2 unspecified atom stereocenters. The minimum Gasteiger partial charge on any atom is -0.346 e. The molecule has 3 saturated carbocycles. The number of amides is 1. The summed E-state index contributed by atoms with van der Waals surface area (Å²) in [6.45, 7) is 0.643. The smallest absolute Gasteiger partial charge is 0.276 e. The van der Waals surface area contributed by atoms with E-state index in [9.17, 15) is 48.0 Å². The predicted octanol–water partition coefficient (Wildman–Crippen LogP) is 6.92. The van der Waals surface area contributed by atoms with Crippen LogP contribution in [0.25, 0.3) is 22.0 Å². The predicted molar refractivity (Wildman–Crippen MR) is 222 cm³/mol. The number of benzene rings is 2. The number of sulfonamides is 1. The zero-order valence-electron chi connectivity index (χ0n) is 34.0. The van der Waals surface area contributed by atoms with Crippen LogP contribution in [-0.2, 0) is 37.6 Å². The lowest BCUT2D eigenvalue weighted by molar-refractivity contribution is -0.121. The van der Waals surface area contributed by atoms with Gasteiger partial charge in [-0.2, -0.15) is 5.10 Å². The lowest BCUT2D eigenvalue weighted by Crippen LogP contribution is -2.53. The maximum Gasteiger partial charge on any atom is 0.276 e. The van der Waals surface area contributed by atoms with Gasteiger partial charge in [0, 0.05) is 35.3 Å². The Morgan fingerprint density at radius 1 is 1.03 bits per heavy atom. The fourth-order valence-corrected chi connectivity index (χ4v) is 9.81. The molecule has 3 aliphatic carbocycles. The maximum atomic E-state index is 15.4. The van der Waals surface area contributed by atoms with Crippen LogP contribution in [0, 0.1) is 46.6 Å². The third kappa shape index (κ3) is 9.58. The minimum absolute atomic E-state index is 0.00426. The highest BCUT2D eigenvalue weighted by atomic mass is 35.5. The summed E-state index contributed by atoms with van der Waals surface area (Å²) in [7, 11) is -7.82. The van der Waals surface area contributed by atoms with Crippen LogP contribution in [0.15, 0.2) is 42.5 Å². The molecular formula is C41H40ClF8N7O5S2. The standard InChI is InChI=1S/C41H40ClF8N7O5S2/c1-40(2,63(3,59)60)11-10-22-4-7-24(25-8-9-28(42)33-36(25)57(18-30(45)46)55-39(33)56-64(61,62)23-5-6-23)35(53-22)29(14-19-12-20(43)15-21(44)13-19)54-31(58)17-52-37-32(34(51)38(47)48)26-16-27(26)41(37,49)50/h4,7-9,12-13,15,23,26-27,29-30,32,37-38,51-52H,5-6,14,16-18H2,1-3H3,(H,54,58)(H,55,56)/t26-,27+,29-,32?,37?/m0/s1. The second-order valence-electron chi connectivity index (χ2n) is 16.7. The number of pyridine rings is 1. The van der Waals surface area contributed by atoms with Crippen molar-refractivity contribution in [2.45, 2.75) is 86.9 Å². The van der Waals surface area contributed by atoms with Crippen molar-refractivity contribution in [2.75, 3.05) is 17.5 Å². The number of nitrogens with zero attached hydrogens (tertiary/aromatic N) is 3. The van der Waals surface area contributed by atoms with E-state index in [1.165, 1.54) is 38.1 Å². The molecule has 0 bridgehead atoms. The summed E-state index contributed by atoms with van der Waals surface area (Å²) < 4.78 is 169. The number of aromatic nitrogens is 3. The Kier molecular flexibility index (Phi) is 12.6. The van der Waals surface area contributed by atoms with E-state index >= 15 is 8.78 Å². The summed E-state index contributed by atoms with van der Waals surface area (Å²) >= 11 is 6.62. The Labute approximate surface area is 367 Å². The Morgan fingerprint density at radius 3 is 2.30 bits per heavy atom. The molecule has 2 heterocycles. The number of sulfone groups is 1. The second kappa shape index (κ2) is 17.2. The molecule has 0 radical (unpaired) electrons. The number of hydrogen-bond acceptors (Lipinski definition) is 9. The highest BCUT2D eigenvalue weighted by Gasteiger charge is 2.71. The van der Waals surface area contributed by atoms with E-state index in [0.29, 0.717) is 18.9 Å². The van der Waals surface area contributed by atoms with Crippen molar-refractivity contribution < 1.29 is 56.8 Å². The highest BCUT2D eigenvalue weighted by Crippen LogP contribution is 2.63. The number of hydrogen-bond donors (Lipinski definition) is 4. The third-order valence-electron chi connectivity index (χ3n) is 11.7. The number of alkyl halides is 6. The lowest BCUT2D eigenvalue weighted by Gasteiger charge is -2.29. The van der Waals surface area contributed by atoms with Gasteiger partial charge in [-0.1, -0.05) is 23.6 Å². The van der Waals surface area contributed by atoms with Gasteiger partial charge in [-0.15, -0.1) is 0 Å². The molecule has 0 aliphatic heterocycles. The van der Waals surface area contributed by atoms with Gasteiger partial charge >= 0.3 is 0 Å². The van der Waals surface area contributed by atoms with Gasteiger partial charge in [0.25, 0.3) is 18.8 Å². The van der Waals surface area contributed by atoms with Crippen LogP contribution in [-0.4, -0.2) is 90.8 Å². The molecule has 4 N–H and O–H groups in total. The fraction of sp³-hybridized carbons (Fsp3) is 0.463. The molecule has 0 saturated heterocycles. The maximum absolute atomic E-state index is 15.4. The number of rotatable bonds is 16. The van der Waals surface area contributed by atoms with Crippen molar-refractivity contribution in [1.29, 1.82) is 5.41 Å². The summed E-state index contributed by atoms with van der Waals surface area (Å²) in [6, 6.07) is 4.28. The number of fused-ring (bicyclic) bond motifs is 2. The van der Waals surface area contributed by atoms with Gasteiger partial charge in [0.1, 0.15) is 28.6 Å². The summed E-state index contributed by atoms with van der Waals surface area (Å²) in [5.74, 6) is -5.52. The molecule has 7 rings (SSSR count). The second-order valence-corrected chi connectivity index (χ2v) is 21.6. The van der Waals surface area contributed by atoms with E-state index in [2.05, 4.69) is 37.3 Å².